The average Bonchev–Trinajstić information content (AvgIpc) is 3.69. The van der Waals surface area contributed by atoms with E-state index >= 15 is 0 Å². The second-order valence-electron chi connectivity index (χ2n) is 12.8. The van der Waals surface area contributed by atoms with Crippen LogP contribution < -0.4 is 0 Å². The van der Waals surface area contributed by atoms with E-state index in [1.165, 1.54) is 12.1 Å². The third kappa shape index (κ3) is 5.50. The molecule has 0 saturated heterocycles. The normalized spacial score (nSPS) is 11.7. The summed E-state index contributed by atoms with van der Waals surface area (Å²) in [5.74, 6) is 0. The van der Waals surface area contributed by atoms with E-state index in [0.717, 1.165) is 0 Å². The molecule has 0 aliphatic rings. The van der Waals surface area contributed by atoms with Gasteiger partial charge in [0.25, 0.3) is 0 Å². The summed E-state index contributed by atoms with van der Waals surface area (Å²) < 4.78 is 88.3. The average molecular weight is 746 g/mol. The predicted molar refractivity (Wildman–Crippen MR) is 194 cm³/mol. The Bertz CT molecular complexity index is 3060. The lowest BCUT2D eigenvalue weighted by Crippen LogP contribution is -2.11. The summed E-state index contributed by atoms with van der Waals surface area (Å²) in [6.45, 7) is 0. The number of benzene rings is 6. The topological polar surface area (TPSA) is 129 Å². The van der Waals surface area contributed by atoms with E-state index in [4.69, 9.17) is 0 Å². The summed E-state index contributed by atoms with van der Waals surface area (Å²) in [5, 5.41) is 52.7. The second kappa shape index (κ2) is 12.5. The van der Waals surface area contributed by atoms with E-state index in [2.05, 4.69) is 24.3 Å². The van der Waals surface area contributed by atoms with Crippen LogP contribution in [0.5, 0.6) is 0 Å². The maximum absolute atomic E-state index is 14.2. The van der Waals surface area contributed by atoms with Crippen molar-refractivity contribution < 1.29 is 26.3 Å². The van der Waals surface area contributed by atoms with Crippen LogP contribution in [0, 0.1) is 56.7 Å². The molecule has 0 aliphatic carbocycles. The Hall–Kier alpha value is -8.05. The summed E-state index contributed by atoms with van der Waals surface area (Å²) in [7, 11) is 0. The lowest BCUT2D eigenvalue weighted by Gasteiger charge is -2.20. The zero-order valence-corrected chi connectivity index (χ0v) is 28.2. The summed E-state index contributed by atoms with van der Waals surface area (Å²) in [6, 6.07) is 33.5. The smallest absolute Gasteiger partial charge is 0.307 e. The molecule has 0 atom stereocenters. The van der Waals surface area contributed by atoms with E-state index in [-0.39, 0.29) is 50.8 Å². The largest absolute Gasteiger partial charge is 0.416 e. The number of hydrogen-bond acceptors (Lipinski definition) is 5. The second-order valence-corrected chi connectivity index (χ2v) is 12.8. The van der Waals surface area contributed by atoms with Gasteiger partial charge in [-0.05, 0) is 84.4 Å². The molecule has 7 nitrogen and oxygen atoms in total. The Labute approximate surface area is 312 Å². The molecule has 6 aromatic carbocycles. The molecule has 0 bridgehead atoms. The van der Waals surface area contributed by atoms with Gasteiger partial charge >= 0.3 is 12.4 Å². The minimum Gasteiger partial charge on any atom is -0.307 e. The van der Waals surface area contributed by atoms with Crippen LogP contribution in [0.25, 0.3) is 66.1 Å². The molecule has 56 heavy (non-hydrogen) atoms. The van der Waals surface area contributed by atoms with E-state index in [9.17, 15) is 52.7 Å². The molecular weight excluding hydrogens is 729 g/mol. The highest BCUT2D eigenvalue weighted by Gasteiger charge is 2.37. The monoisotopic (exact) mass is 745 g/mol. The number of fused-ring (bicyclic) bond motifs is 6. The quantitative estimate of drug-likeness (QED) is 0.166. The van der Waals surface area contributed by atoms with Crippen LogP contribution in [0.1, 0.15) is 38.9 Å². The van der Waals surface area contributed by atoms with E-state index < -0.39 is 29.0 Å². The van der Waals surface area contributed by atoms with Crippen LogP contribution in [0.2, 0.25) is 0 Å². The fourth-order valence-electron chi connectivity index (χ4n) is 7.21. The summed E-state index contributed by atoms with van der Waals surface area (Å²) in [6.07, 6.45) is -10.4. The van der Waals surface area contributed by atoms with Gasteiger partial charge in [0.2, 0.25) is 0 Å². The SMILES string of the molecule is N#Cc1ccc2c3ccc(C#N)cc3n(-c3cc(C#N)c(-c4cc(C(F)(F)F)cc(C(F)(F)F)c4)cc3-n3c4cc(C#N)ccc4c4ccc(C#N)cc43)c2c1. The van der Waals surface area contributed by atoms with Crippen LogP contribution in [-0.4, -0.2) is 9.13 Å². The summed E-state index contributed by atoms with van der Waals surface area (Å²) in [5.41, 5.74) is -1.39. The van der Waals surface area contributed by atoms with Crippen molar-refractivity contribution in [3.63, 3.8) is 0 Å². The Morgan fingerprint density at radius 2 is 0.732 bits per heavy atom. The van der Waals surface area contributed by atoms with Crippen LogP contribution in [0.3, 0.4) is 0 Å². The van der Waals surface area contributed by atoms with Gasteiger partial charge in [0.1, 0.15) is 0 Å². The van der Waals surface area contributed by atoms with Gasteiger partial charge < -0.3 is 9.13 Å². The molecule has 8 rings (SSSR count). The maximum Gasteiger partial charge on any atom is 0.416 e. The Balaban J connectivity index is 1.62. The van der Waals surface area contributed by atoms with Crippen molar-refractivity contribution in [2.24, 2.45) is 0 Å². The van der Waals surface area contributed by atoms with Crippen LogP contribution in [0.4, 0.5) is 26.3 Å². The minimum absolute atomic E-state index is 0.00226. The van der Waals surface area contributed by atoms with Gasteiger partial charge in [-0.15, -0.1) is 0 Å². The van der Waals surface area contributed by atoms with E-state index in [0.29, 0.717) is 55.7 Å². The van der Waals surface area contributed by atoms with Gasteiger partial charge in [-0.25, -0.2) is 0 Å². The molecule has 0 spiro atoms. The number of nitriles is 5. The Morgan fingerprint density at radius 1 is 0.393 bits per heavy atom. The number of alkyl halides is 6. The minimum atomic E-state index is -5.18. The van der Waals surface area contributed by atoms with Crippen molar-refractivity contribution in [3.8, 4) is 52.8 Å². The molecule has 0 amide bonds. The number of halogens is 6. The van der Waals surface area contributed by atoms with Crippen molar-refractivity contribution in [2.75, 3.05) is 0 Å². The van der Waals surface area contributed by atoms with E-state index in [1.807, 2.05) is 6.07 Å². The third-order valence-corrected chi connectivity index (χ3v) is 9.67. The van der Waals surface area contributed by atoms with E-state index in [1.54, 1.807) is 81.9 Å². The van der Waals surface area contributed by atoms with Crippen LogP contribution >= 0.6 is 0 Å². The maximum atomic E-state index is 14.2. The molecule has 0 N–H and O–H groups in total. The highest BCUT2D eigenvalue weighted by atomic mass is 19.4. The number of hydrogen-bond donors (Lipinski definition) is 0. The van der Waals surface area contributed by atoms with Gasteiger partial charge in [-0.2, -0.15) is 52.7 Å². The molecule has 0 fully saturated rings. The zero-order valence-electron chi connectivity index (χ0n) is 28.2. The molecule has 266 valence electrons. The van der Waals surface area contributed by atoms with Gasteiger partial charge in [0.15, 0.2) is 0 Å². The fourth-order valence-corrected chi connectivity index (χ4v) is 7.21. The first-order valence-electron chi connectivity index (χ1n) is 16.4. The summed E-state index contributed by atoms with van der Waals surface area (Å²) in [4.78, 5) is 0. The molecule has 0 aliphatic heterocycles. The van der Waals surface area contributed by atoms with Crippen molar-refractivity contribution >= 4 is 43.6 Å². The lowest BCUT2D eigenvalue weighted by atomic mass is 9.94. The van der Waals surface area contributed by atoms with Crippen LogP contribution in [0.15, 0.2) is 103 Å². The van der Waals surface area contributed by atoms with Crippen molar-refractivity contribution in [2.45, 2.75) is 12.4 Å². The first-order valence-corrected chi connectivity index (χ1v) is 16.4. The highest BCUT2D eigenvalue weighted by molar-refractivity contribution is 6.12. The highest BCUT2D eigenvalue weighted by Crippen LogP contribution is 2.44. The standard InChI is InChI=1S/C43H17F6N7/c44-42(45,46)29-13-27(14-30(16-29)43(47,48)49)35-17-41(56-38-11-25(20-52)3-7-33(38)34-8-4-26(21-53)12-39(34)56)40(15-28(35)22-54)55-36-9-23(18-50)1-5-31(36)32-6-2-24(19-51)10-37(32)55/h1-17H. The molecular formula is C43H17F6N7. The van der Waals surface area contributed by atoms with Crippen LogP contribution in [-0.2, 0) is 12.4 Å². The Morgan fingerprint density at radius 3 is 1.04 bits per heavy atom. The third-order valence-electron chi connectivity index (χ3n) is 9.67. The van der Waals surface area contributed by atoms with Gasteiger partial charge in [-0.3, -0.25) is 0 Å². The number of nitrogens with zero attached hydrogens (tertiary/aromatic N) is 7. The van der Waals surface area contributed by atoms with Gasteiger partial charge in [0, 0.05) is 27.1 Å². The molecule has 8 aromatic rings. The molecule has 0 saturated carbocycles. The first-order chi connectivity index (χ1) is 26.8. The Kier molecular flexibility index (Phi) is 7.83. The van der Waals surface area contributed by atoms with Crippen molar-refractivity contribution in [1.82, 2.24) is 9.13 Å². The molecule has 0 unspecified atom stereocenters. The number of rotatable bonds is 3. The van der Waals surface area contributed by atoms with Crippen molar-refractivity contribution in [1.29, 1.82) is 26.3 Å². The fraction of sp³-hybridized carbons (Fsp3) is 0.0465. The molecule has 13 heteroatoms. The molecule has 2 aromatic heterocycles. The lowest BCUT2D eigenvalue weighted by molar-refractivity contribution is -0.143. The summed E-state index contributed by atoms with van der Waals surface area (Å²) >= 11 is 0. The van der Waals surface area contributed by atoms with Gasteiger partial charge in [0.05, 0.1) is 103 Å². The first kappa shape index (κ1) is 35.0. The zero-order chi connectivity index (χ0) is 39.7. The van der Waals surface area contributed by atoms with Crippen molar-refractivity contribution in [3.05, 3.63) is 142 Å². The number of aromatic nitrogens is 2. The molecule has 2 heterocycles. The molecule has 0 radical (unpaired) electrons. The predicted octanol–water partition coefficient (Wildman–Crippen LogP) is 10.9. The van der Waals surface area contributed by atoms with Gasteiger partial charge in [-0.1, -0.05) is 24.3 Å².